The largest absolute Gasteiger partial charge is 0.390 e. The first-order valence-electron chi connectivity index (χ1n) is 11.8. The number of anilines is 1. The Balaban J connectivity index is 0.00000281. The van der Waals surface area contributed by atoms with Crippen molar-refractivity contribution in [2.24, 2.45) is 21.0 Å². The maximum Gasteiger partial charge on any atom is 0.222 e. The van der Waals surface area contributed by atoms with Crippen LogP contribution in [-0.2, 0) is 4.79 Å². The van der Waals surface area contributed by atoms with Crippen molar-refractivity contribution < 1.29 is 4.79 Å². The highest BCUT2D eigenvalue weighted by Gasteiger charge is 2.39. The summed E-state index contributed by atoms with van der Waals surface area (Å²) in [6, 6.07) is 6.00. The Bertz CT molecular complexity index is 964. The van der Waals surface area contributed by atoms with E-state index in [1.165, 1.54) is 6.34 Å². The molecule has 0 aromatic heterocycles. The topological polar surface area (TPSA) is 86.7 Å². The second-order valence-corrected chi connectivity index (χ2v) is 8.05. The number of terminal acetylenes is 1. The zero-order chi connectivity index (χ0) is 25.7. The summed E-state index contributed by atoms with van der Waals surface area (Å²) >= 11 is 0. The fourth-order valence-corrected chi connectivity index (χ4v) is 3.44. The third-order valence-corrected chi connectivity index (χ3v) is 5.63. The van der Waals surface area contributed by atoms with Crippen LogP contribution >= 0.6 is 0 Å². The van der Waals surface area contributed by atoms with E-state index in [2.05, 4.69) is 38.7 Å². The van der Waals surface area contributed by atoms with Gasteiger partial charge >= 0.3 is 0 Å². The molecule has 1 aliphatic heterocycles. The SMILES string of the molecule is C#CCCC1(CCC(=O)N(C)CCC(=C)N(/C(C)=C\C)c2cc(C)ccc2N=CN)N=N1.CC. The Kier molecular flexibility index (Phi) is 11.8. The summed E-state index contributed by atoms with van der Waals surface area (Å²) in [4.78, 5) is 20.8. The molecule has 1 aliphatic rings. The van der Waals surface area contributed by atoms with Gasteiger partial charge in [0.15, 0.2) is 5.66 Å². The lowest BCUT2D eigenvalue weighted by Crippen LogP contribution is -2.31. The number of nitrogens with zero attached hydrogens (tertiary/aromatic N) is 5. The molecule has 1 amide bonds. The minimum atomic E-state index is -0.433. The second kappa shape index (κ2) is 14.0. The number of aryl methyl sites for hydroxylation is 1. The minimum Gasteiger partial charge on any atom is -0.390 e. The van der Waals surface area contributed by atoms with Crippen LogP contribution in [0.5, 0.6) is 0 Å². The molecule has 7 nitrogen and oxygen atoms in total. The Morgan fingerprint density at radius 2 is 1.97 bits per heavy atom. The maximum atomic E-state index is 12.6. The van der Waals surface area contributed by atoms with Crippen LogP contribution in [0.3, 0.4) is 0 Å². The van der Waals surface area contributed by atoms with Crippen molar-refractivity contribution in [1.82, 2.24) is 4.90 Å². The van der Waals surface area contributed by atoms with Crippen molar-refractivity contribution in [1.29, 1.82) is 0 Å². The molecular formula is C27H40N6O. The lowest BCUT2D eigenvalue weighted by molar-refractivity contribution is -0.130. The summed E-state index contributed by atoms with van der Waals surface area (Å²) in [5.41, 5.74) is 9.81. The summed E-state index contributed by atoms with van der Waals surface area (Å²) in [7, 11) is 1.81. The van der Waals surface area contributed by atoms with E-state index in [0.29, 0.717) is 38.6 Å². The van der Waals surface area contributed by atoms with E-state index in [0.717, 1.165) is 28.3 Å². The fourth-order valence-electron chi connectivity index (χ4n) is 3.44. The summed E-state index contributed by atoms with van der Waals surface area (Å²) in [5, 5.41) is 8.21. The molecule has 1 aromatic carbocycles. The average molecular weight is 465 g/mol. The van der Waals surface area contributed by atoms with Crippen molar-refractivity contribution in [2.75, 3.05) is 18.5 Å². The maximum absolute atomic E-state index is 12.6. The van der Waals surface area contributed by atoms with Gasteiger partial charge in [0.1, 0.15) is 0 Å². The Morgan fingerprint density at radius 1 is 1.29 bits per heavy atom. The average Bonchev–Trinajstić information content (AvgIpc) is 3.62. The highest BCUT2D eigenvalue weighted by molar-refractivity contribution is 5.77. The van der Waals surface area contributed by atoms with E-state index >= 15 is 0 Å². The lowest BCUT2D eigenvalue weighted by atomic mass is 10.0. The summed E-state index contributed by atoms with van der Waals surface area (Å²) in [6.45, 7) is 14.9. The third-order valence-electron chi connectivity index (χ3n) is 5.63. The van der Waals surface area contributed by atoms with Gasteiger partial charge in [0, 0.05) is 57.1 Å². The van der Waals surface area contributed by atoms with Gasteiger partial charge in [-0.25, -0.2) is 4.99 Å². The number of rotatable bonds is 12. The van der Waals surface area contributed by atoms with Crippen LogP contribution < -0.4 is 10.6 Å². The molecule has 7 heteroatoms. The summed E-state index contributed by atoms with van der Waals surface area (Å²) in [5.74, 6) is 2.67. The molecule has 34 heavy (non-hydrogen) atoms. The van der Waals surface area contributed by atoms with Gasteiger partial charge in [-0.1, -0.05) is 32.6 Å². The van der Waals surface area contributed by atoms with Gasteiger partial charge in [0.2, 0.25) is 5.91 Å². The van der Waals surface area contributed by atoms with Crippen molar-refractivity contribution in [2.45, 2.75) is 72.4 Å². The van der Waals surface area contributed by atoms with Gasteiger partial charge in [-0.15, -0.1) is 12.3 Å². The molecule has 0 saturated carbocycles. The van der Waals surface area contributed by atoms with Crippen LogP contribution in [0.15, 0.2) is 57.5 Å². The van der Waals surface area contributed by atoms with Gasteiger partial charge in [0.05, 0.1) is 17.7 Å². The van der Waals surface area contributed by atoms with Crippen molar-refractivity contribution >= 4 is 23.6 Å². The van der Waals surface area contributed by atoms with Gasteiger partial charge in [-0.05, 0) is 38.5 Å². The first-order chi connectivity index (χ1) is 16.3. The van der Waals surface area contributed by atoms with E-state index in [-0.39, 0.29) is 5.91 Å². The van der Waals surface area contributed by atoms with Crippen LogP contribution in [0, 0.1) is 19.3 Å². The zero-order valence-corrected chi connectivity index (χ0v) is 21.6. The zero-order valence-electron chi connectivity index (χ0n) is 21.6. The second-order valence-electron chi connectivity index (χ2n) is 8.05. The molecular weight excluding hydrogens is 424 g/mol. The lowest BCUT2D eigenvalue weighted by Gasteiger charge is -2.30. The Labute approximate surface area is 205 Å². The molecule has 184 valence electrons. The molecule has 0 fully saturated rings. The predicted molar refractivity (Wildman–Crippen MR) is 143 cm³/mol. The molecule has 0 radical (unpaired) electrons. The molecule has 0 bridgehead atoms. The quantitative estimate of drug-likeness (QED) is 0.231. The number of allylic oxidation sites excluding steroid dienone is 2. The molecule has 0 unspecified atom stereocenters. The highest BCUT2D eigenvalue weighted by Crippen LogP contribution is 2.38. The van der Waals surface area contributed by atoms with Crippen LogP contribution in [-0.4, -0.2) is 36.4 Å². The number of aliphatic imine (C=N–C) groups is 1. The van der Waals surface area contributed by atoms with Crippen molar-refractivity contribution in [3.05, 3.63) is 47.8 Å². The normalized spacial score (nSPS) is 13.6. The monoisotopic (exact) mass is 464 g/mol. The van der Waals surface area contributed by atoms with Crippen molar-refractivity contribution in [3.63, 3.8) is 0 Å². The molecule has 0 atom stereocenters. The molecule has 2 rings (SSSR count). The smallest absolute Gasteiger partial charge is 0.222 e. The fraction of sp³-hybridized carbons (Fsp3) is 0.481. The van der Waals surface area contributed by atoms with Crippen LogP contribution in [0.1, 0.15) is 65.4 Å². The van der Waals surface area contributed by atoms with Gasteiger partial charge < -0.3 is 15.5 Å². The number of hydrogen-bond acceptors (Lipinski definition) is 5. The molecule has 0 spiro atoms. The number of carbonyl (C=O) groups is 1. The molecule has 1 aromatic rings. The number of benzene rings is 1. The van der Waals surface area contributed by atoms with E-state index in [9.17, 15) is 4.79 Å². The Hall–Kier alpha value is -3.40. The molecule has 0 aliphatic carbocycles. The summed E-state index contributed by atoms with van der Waals surface area (Å²) in [6.07, 6.45) is 11.6. The molecule has 0 saturated heterocycles. The first kappa shape index (κ1) is 28.6. The summed E-state index contributed by atoms with van der Waals surface area (Å²) < 4.78 is 0. The molecule has 2 N–H and O–H groups in total. The van der Waals surface area contributed by atoms with Crippen LogP contribution in [0.4, 0.5) is 11.4 Å². The van der Waals surface area contributed by atoms with E-state index in [1.54, 1.807) is 4.90 Å². The standard InChI is InChI=1S/C25H34N6O.C2H6/c1-7-9-14-25(28-29-25)15-12-24(32)30(6)16-13-21(5)31(20(4)8-2)23-17-19(3)10-11-22(23)27-18-26;1-2/h1,8,10-11,17-18H,5,9,12-16H2,2-4,6H3,(H2,26,27);1-2H3/b20-8-;. The van der Waals surface area contributed by atoms with Crippen LogP contribution in [0.25, 0.3) is 0 Å². The first-order valence-corrected chi connectivity index (χ1v) is 11.8. The van der Waals surface area contributed by atoms with Gasteiger partial charge in [0.25, 0.3) is 0 Å². The predicted octanol–water partition coefficient (Wildman–Crippen LogP) is 6.09. The minimum absolute atomic E-state index is 0.0634. The van der Waals surface area contributed by atoms with Gasteiger partial charge in [-0.2, -0.15) is 10.2 Å². The van der Waals surface area contributed by atoms with Crippen LogP contribution in [0.2, 0.25) is 0 Å². The number of hydrogen-bond donors (Lipinski definition) is 1. The van der Waals surface area contributed by atoms with E-state index in [1.807, 2.05) is 59.9 Å². The Morgan fingerprint density at radius 3 is 2.53 bits per heavy atom. The number of carbonyl (C=O) groups excluding carboxylic acids is 1. The highest BCUT2D eigenvalue weighted by atomic mass is 16.2. The van der Waals surface area contributed by atoms with Crippen molar-refractivity contribution in [3.8, 4) is 12.3 Å². The molecule has 1 heterocycles. The number of nitrogens with two attached hydrogens (primary N) is 1. The number of amides is 1. The van der Waals surface area contributed by atoms with E-state index in [4.69, 9.17) is 12.2 Å². The van der Waals surface area contributed by atoms with Gasteiger partial charge in [-0.3, -0.25) is 4.79 Å². The third kappa shape index (κ3) is 8.18. The van der Waals surface area contributed by atoms with E-state index < -0.39 is 5.66 Å².